The highest BCUT2D eigenvalue weighted by Crippen LogP contribution is 2.50. The number of fused-ring (bicyclic) bond motifs is 1. The second kappa shape index (κ2) is 7.39. The van der Waals surface area contributed by atoms with E-state index in [1.165, 1.54) is 5.57 Å². The summed E-state index contributed by atoms with van der Waals surface area (Å²) in [5.41, 5.74) is 3.94. The maximum atomic E-state index is 10.4. The van der Waals surface area contributed by atoms with E-state index in [1.54, 1.807) is 0 Å². The molecule has 3 heteroatoms. The Bertz CT molecular complexity index is 585. The van der Waals surface area contributed by atoms with Gasteiger partial charge in [-0.2, -0.15) is 0 Å². The predicted molar refractivity (Wildman–Crippen MR) is 94.1 cm³/mol. The number of hydrogen-bond donors (Lipinski definition) is 3. The van der Waals surface area contributed by atoms with Crippen LogP contribution in [-0.4, -0.2) is 21.9 Å². The molecule has 3 nitrogen and oxygen atoms in total. The molecule has 0 amide bonds. The van der Waals surface area contributed by atoms with Gasteiger partial charge in [-0.15, -0.1) is 0 Å². The van der Waals surface area contributed by atoms with Gasteiger partial charge in [0.2, 0.25) is 0 Å². The largest absolute Gasteiger partial charge is 0.504 e. The van der Waals surface area contributed by atoms with Crippen molar-refractivity contribution in [3.05, 3.63) is 34.4 Å². The first kappa shape index (κ1) is 17.9. The van der Waals surface area contributed by atoms with Crippen molar-refractivity contribution in [1.29, 1.82) is 0 Å². The van der Waals surface area contributed by atoms with Gasteiger partial charge in [0.15, 0.2) is 11.5 Å². The first-order valence-electron chi connectivity index (χ1n) is 8.66. The van der Waals surface area contributed by atoms with Crippen molar-refractivity contribution in [2.45, 2.75) is 65.2 Å². The van der Waals surface area contributed by atoms with Crippen LogP contribution in [0.5, 0.6) is 11.5 Å². The van der Waals surface area contributed by atoms with Gasteiger partial charge >= 0.3 is 0 Å². The van der Waals surface area contributed by atoms with Crippen LogP contribution in [0.2, 0.25) is 0 Å². The van der Waals surface area contributed by atoms with E-state index >= 15 is 0 Å². The van der Waals surface area contributed by atoms with Gasteiger partial charge < -0.3 is 15.3 Å². The van der Waals surface area contributed by atoms with Gasteiger partial charge in [0.1, 0.15) is 0 Å². The van der Waals surface area contributed by atoms with E-state index in [9.17, 15) is 15.3 Å². The summed E-state index contributed by atoms with van der Waals surface area (Å²) >= 11 is 0. The maximum absolute atomic E-state index is 10.4. The van der Waals surface area contributed by atoms with E-state index in [0.717, 1.165) is 36.8 Å². The lowest BCUT2D eigenvalue weighted by Crippen LogP contribution is -2.22. The third-order valence-electron chi connectivity index (χ3n) is 5.25. The molecule has 1 aliphatic rings. The van der Waals surface area contributed by atoms with Crippen LogP contribution in [0.25, 0.3) is 0 Å². The van der Waals surface area contributed by atoms with Crippen molar-refractivity contribution in [3.8, 4) is 11.5 Å². The fourth-order valence-electron chi connectivity index (χ4n) is 3.86. The number of aliphatic hydroxyl groups excluding tert-OH is 1. The number of rotatable bonds is 5. The quantitative estimate of drug-likeness (QED) is 0.543. The van der Waals surface area contributed by atoms with Gasteiger partial charge in [-0.3, -0.25) is 0 Å². The Morgan fingerprint density at radius 3 is 2.57 bits per heavy atom. The molecular weight excluding hydrogens is 288 g/mol. The lowest BCUT2D eigenvalue weighted by Gasteiger charge is -2.35. The van der Waals surface area contributed by atoms with Crippen LogP contribution in [0.1, 0.15) is 75.0 Å². The first-order valence-corrected chi connectivity index (χ1v) is 8.66. The second-order valence-corrected chi connectivity index (χ2v) is 7.29. The van der Waals surface area contributed by atoms with Crippen molar-refractivity contribution in [2.24, 2.45) is 5.92 Å². The molecule has 0 bridgehead atoms. The third kappa shape index (κ3) is 3.72. The average molecular weight is 318 g/mol. The number of hydrogen-bond acceptors (Lipinski definition) is 3. The Kier molecular flexibility index (Phi) is 5.74. The van der Waals surface area contributed by atoms with Crippen molar-refractivity contribution < 1.29 is 15.3 Å². The van der Waals surface area contributed by atoms with Crippen molar-refractivity contribution in [3.63, 3.8) is 0 Å². The fourth-order valence-corrected chi connectivity index (χ4v) is 3.86. The molecule has 23 heavy (non-hydrogen) atoms. The van der Waals surface area contributed by atoms with Crippen LogP contribution in [0.4, 0.5) is 0 Å². The van der Waals surface area contributed by atoms with Gasteiger partial charge in [-0.05, 0) is 69.4 Å². The molecule has 0 saturated heterocycles. The monoisotopic (exact) mass is 318 g/mol. The molecule has 128 valence electrons. The lowest BCUT2D eigenvalue weighted by atomic mass is 9.70. The van der Waals surface area contributed by atoms with Crippen LogP contribution in [0.3, 0.4) is 0 Å². The Morgan fingerprint density at radius 2 is 1.96 bits per heavy atom. The number of phenols is 2. The molecule has 0 fully saturated rings. The minimum atomic E-state index is -0.0715. The van der Waals surface area contributed by atoms with E-state index in [2.05, 4.69) is 26.8 Å². The number of aryl methyl sites for hydroxylation is 1. The van der Waals surface area contributed by atoms with Gasteiger partial charge in [0, 0.05) is 11.5 Å². The summed E-state index contributed by atoms with van der Waals surface area (Å²) in [4.78, 5) is 0. The maximum Gasteiger partial charge on any atom is 0.161 e. The normalized spacial score (nSPS) is 21.6. The van der Waals surface area contributed by atoms with Crippen molar-refractivity contribution in [2.75, 3.05) is 6.61 Å². The molecule has 0 saturated carbocycles. The van der Waals surface area contributed by atoms with Gasteiger partial charge in [-0.1, -0.05) is 24.6 Å². The predicted octanol–water partition coefficient (Wildman–Crippen LogP) is 4.74. The SMILES string of the molecule is CC(C)=CCCC(C)C1CCC(CO)c2c1cc(C)c(O)c2O. The molecule has 0 aromatic heterocycles. The minimum absolute atomic E-state index is 0.0158. The summed E-state index contributed by atoms with van der Waals surface area (Å²) in [5.74, 6) is 0.744. The highest BCUT2D eigenvalue weighted by Gasteiger charge is 2.33. The fraction of sp³-hybridized carbons (Fsp3) is 0.600. The van der Waals surface area contributed by atoms with Crippen molar-refractivity contribution in [1.82, 2.24) is 0 Å². The molecule has 0 heterocycles. The highest BCUT2D eigenvalue weighted by atomic mass is 16.3. The molecule has 0 radical (unpaired) electrons. The van der Waals surface area contributed by atoms with Gasteiger partial charge in [-0.25, -0.2) is 0 Å². The second-order valence-electron chi connectivity index (χ2n) is 7.29. The van der Waals surface area contributed by atoms with Crippen LogP contribution >= 0.6 is 0 Å². The molecule has 1 aromatic carbocycles. The molecule has 2 rings (SSSR count). The van der Waals surface area contributed by atoms with Crippen molar-refractivity contribution >= 4 is 0 Å². The summed E-state index contributed by atoms with van der Waals surface area (Å²) in [7, 11) is 0. The standard InChI is InChI=1S/C20H30O3/c1-12(2)6-5-7-13(3)16-9-8-15(11-21)18-17(16)10-14(4)19(22)20(18)23/h6,10,13,15-16,21-23H,5,7-9,11H2,1-4H3. The zero-order valence-corrected chi connectivity index (χ0v) is 14.8. The zero-order chi connectivity index (χ0) is 17.1. The smallest absolute Gasteiger partial charge is 0.161 e. The minimum Gasteiger partial charge on any atom is -0.504 e. The molecule has 3 unspecified atom stereocenters. The highest BCUT2D eigenvalue weighted by molar-refractivity contribution is 5.57. The Balaban J connectivity index is 2.34. The van der Waals surface area contributed by atoms with E-state index in [4.69, 9.17) is 0 Å². The number of aromatic hydroxyl groups is 2. The summed E-state index contributed by atoms with van der Waals surface area (Å²) < 4.78 is 0. The summed E-state index contributed by atoms with van der Waals surface area (Å²) in [5, 5.41) is 30.1. The molecule has 0 aliphatic heterocycles. The molecular formula is C20H30O3. The number of phenolic OH excluding ortho intramolecular Hbond substituents is 2. The molecule has 1 aliphatic carbocycles. The van der Waals surface area contributed by atoms with E-state index in [0.29, 0.717) is 17.4 Å². The Morgan fingerprint density at radius 1 is 1.26 bits per heavy atom. The lowest BCUT2D eigenvalue weighted by molar-refractivity contribution is 0.235. The van der Waals surface area contributed by atoms with E-state index < -0.39 is 0 Å². The van der Waals surface area contributed by atoms with E-state index in [1.807, 2.05) is 13.0 Å². The number of benzene rings is 1. The van der Waals surface area contributed by atoms with Crippen LogP contribution in [-0.2, 0) is 0 Å². The van der Waals surface area contributed by atoms with E-state index in [-0.39, 0.29) is 24.0 Å². The van der Waals surface area contributed by atoms with Gasteiger partial charge in [0.05, 0.1) is 6.61 Å². The first-order chi connectivity index (χ1) is 10.9. The van der Waals surface area contributed by atoms with Crippen LogP contribution < -0.4 is 0 Å². The van der Waals surface area contributed by atoms with Crippen LogP contribution in [0.15, 0.2) is 17.7 Å². The average Bonchev–Trinajstić information content (AvgIpc) is 2.51. The van der Waals surface area contributed by atoms with Gasteiger partial charge in [0.25, 0.3) is 0 Å². The Labute approximate surface area is 139 Å². The summed E-state index contributed by atoms with van der Waals surface area (Å²) in [6.45, 7) is 8.35. The molecule has 3 N–H and O–H groups in total. The zero-order valence-electron chi connectivity index (χ0n) is 14.8. The molecule has 3 atom stereocenters. The topological polar surface area (TPSA) is 60.7 Å². The van der Waals surface area contributed by atoms with Crippen LogP contribution in [0, 0.1) is 12.8 Å². The molecule has 1 aromatic rings. The third-order valence-corrected chi connectivity index (χ3v) is 5.25. The molecule has 0 spiro atoms. The Hall–Kier alpha value is -1.48. The number of allylic oxidation sites excluding steroid dienone is 2. The summed E-state index contributed by atoms with van der Waals surface area (Å²) in [6, 6.07) is 2.01. The number of aliphatic hydroxyl groups is 1. The summed E-state index contributed by atoms with van der Waals surface area (Å²) in [6.07, 6.45) is 6.34.